The lowest BCUT2D eigenvalue weighted by molar-refractivity contribution is -0.148. The molecule has 7 nitrogen and oxygen atoms in total. The zero-order valence-electron chi connectivity index (χ0n) is 16.9. The first-order chi connectivity index (χ1) is 13.8. The second kappa shape index (κ2) is 12.5. The van der Waals surface area contributed by atoms with E-state index in [1.165, 1.54) is 12.1 Å². The third-order valence-electron chi connectivity index (χ3n) is 4.33. The van der Waals surface area contributed by atoms with Gasteiger partial charge in [-0.05, 0) is 33.1 Å². The van der Waals surface area contributed by atoms with E-state index in [-0.39, 0.29) is 37.4 Å². The average molecular weight is 470 g/mol. The van der Waals surface area contributed by atoms with E-state index in [2.05, 4.69) is 15.9 Å². The van der Waals surface area contributed by atoms with E-state index < -0.39 is 23.3 Å². The fourth-order valence-corrected chi connectivity index (χ4v) is 3.09. The number of rotatable bonds is 13. The number of nitrogens with two attached hydrogens (primary N) is 1. The highest BCUT2D eigenvalue weighted by Gasteiger charge is 2.44. The molecule has 8 heteroatoms. The SMILES string of the molecule is CCOC(=O)CC[C@](N)(C(=O)OCC)C(=O)c1ccc(C(=O)CCCCBr)cc1. The number of esters is 2. The minimum atomic E-state index is -2.01. The highest BCUT2D eigenvalue weighted by atomic mass is 79.9. The van der Waals surface area contributed by atoms with Crippen molar-refractivity contribution in [2.45, 2.75) is 51.5 Å². The van der Waals surface area contributed by atoms with Crippen molar-refractivity contribution in [1.29, 1.82) is 0 Å². The summed E-state index contributed by atoms with van der Waals surface area (Å²) in [5, 5.41) is 0.839. The van der Waals surface area contributed by atoms with Crippen molar-refractivity contribution < 1.29 is 28.7 Å². The Morgan fingerprint density at radius 2 is 1.52 bits per heavy atom. The molecule has 0 aliphatic rings. The highest BCUT2D eigenvalue weighted by Crippen LogP contribution is 2.21. The van der Waals surface area contributed by atoms with Gasteiger partial charge in [0.1, 0.15) is 0 Å². The molecular formula is C21H28BrNO6. The van der Waals surface area contributed by atoms with Gasteiger partial charge >= 0.3 is 11.9 Å². The van der Waals surface area contributed by atoms with Crippen LogP contribution in [0.1, 0.15) is 66.7 Å². The molecule has 0 aliphatic heterocycles. The summed E-state index contributed by atoms with van der Waals surface area (Å²) in [5.74, 6) is -2.14. The largest absolute Gasteiger partial charge is 0.466 e. The Morgan fingerprint density at radius 1 is 0.931 bits per heavy atom. The van der Waals surface area contributed by atoms with Gasteiger partial charge in [-0.2, -0.15) is 0 Å². The summed E-state index contributed by atoms with van der Waals surface area (Å²) in [6.07, 6.45) is 1.66. The maximum absolute atomic E-state index is 13.0. The summed E-state index contributed by atoms with van der Waals surface area (Å²) >= 11 is 3.33. The molecule has 0 aliphatic carbocycles. The van der Waals surface area contributed by atoms with E-state index in [9.17, 15) is 19.2 Å². The fraction of sp³-hybridized carbons (Fsp3) is 0.524. The van der Waals surface area contributed by atoms with Gasteiger partial charge in [0.15, 0.2) is 17.1 Å². The maximum Gasteiger partial charge on any atom is 0.334 e. The lowest BCUT2D eigenvalue weighted by Crippen LogP contribution is -2.56. The molecule has 2 N–H and O–H groups in total. The Labute approximate surface area is 179 Å². The van der Waals surface area contributed by atoms with Crippen molar-refractivity contribution in [2.75, 3.05) is 18.5 Å². The van der Waals surface area contributed by atoms with Crippen LogP contribution in [0.5, 0.6) is 0 Å². The summed E-state index contributed by atoms with van der Waals surface area (Å²) in [7, 11) is 0. The summed E-state index contributed by atoms with van der Waals surface area (Å²) in [4.78, 5) is 49.2. The molecule has 1 aromatic rings. The monoisotopic (exact) mass is 469 g/mol. The topological polar surface area (TPSA) is 113 Å². The molecule has 1 rings (SSSR count). The van der Waals surface area contributed by atoms with E-state index >= 15 is 0 Å². The van der Waals surface area contributed by atoms with Gasteiger partial charge < -0.3 is 15.2 Å². The molecule has 29 heavy (non-hydrogen) atoms. The molecule has 0 unspecified atom stereocenters. The van der Waals surface area contributed by atoms with E-state index in [0.29, 0.717) is 12.0 Å². The molecule has 0 saturated carbocycles. The van der Waals surface area contributed by atoms with E-state index in [4.69, 9.17) is 15.2 Å². The number of halogens is 1. The van der Waals surface area contributed by atoms with E-state index in [1.54, 1.807) is 26.0 Å². The summed E-state index contributed by atoms with van der Waals surface area (Å²) < 4.78 is 9.81. The number of benzene rings is 1. The number of carbonyl (C=O) groups is 4. The fourth-order valence-electron chi connectivity index (χ4n) is 2.69. The van der Waals surface area contributed by atoms with Gasteiger partial charge in [0.05, 0.1) is 13.2 Å². The van der Waals surface area contributed by atoms with Crippen LogP contribution in [-0.4, -0.2) is 47.6 Å². The number of hydrogen-bond donors (Lipinski definition) is 1. The quantitative estimate of drug-likeness (QED) is 0.155. The van der Waals surface area contributed by atoms with Crippen LogP contribution < -0.4 is 5.73 Å². The van der Waals surface area contributed by atoms with Crippen LogP contribution in [0.2, 0.25) is 0 Å². The van der Waals surface area contributed by atoms with Crippen LogP contribution in [0.3, 0.4) is 0 Å². The average Bonchev–Trinajstić information content (AvgIpc) is 2.72. The molecule has 160 valence electrons. The van der Waals surface area contributed by atoms with Gasteiger partial charge in [-0.25, -0.2) is 4.79 Å². The number of Topliss-reactive ketones (excluding diaryl/α,β-unsaturated/α-hetero) is 2. The number of hydrogen-bond acceptors (Lipinski definition) is 7. The third-order valence-corrected chi connectivity index (χ3v) is 4.89. The van der Waals surface area contributed by atoms with Gasteiger partial charge in [-0.1, -0.05) is 40.2 Å². The lowest BCUT2D eigenvalue weighted by atomic mass is 9.85. The number of alkyl halides is 1. The van der Waals surface area contributed by atoms with Gasteiger partial charge in [0.2, 0.25) is 0 Å². The van der Waals surface area contributed by atoms with Crippen LogP contribution in [0.4, 0.5) is 0 Å². The Morgan fingerprint density at radius 3 is 2.07 bits per heavy atom. The van der Waals surface area contributed by atoms with Gasteiger partial charge in [0.25, 0.3) is 0 Å². The molecule has 1 atom stereocenters. The van der Waals surface area contributed by atoms with Crippen LogP contribution >= 0.6 is 15.9 Å². The molecule has 0 saturated heterocycles. The highest BCUT2D eigenvalue weighted by molar-refractivity contribution is 9.09. The Kier molecular flexibility index (Phi) is 10.8. The van der Waals surface area contributed by atoms with Crippen LogP contribution in [0.15, 0.2) is 24.3 Å². The van der Waals surface area contributed by atoms with Crippen LogP contribution in [-0.2, 0) is 19.1 Å². The molecule has 0 bridgehead atoms. The normalized spacial score (nSPS) is 12.7. The minimum Gasteiger partial charge on any atom is -0.466 e. The van der Waals surface area contributed by atoms with Crippen molar-refractivity contribution in [3.8, 4) is 0 Å². The Bertz CT molecular complexity index is 718. The molecular weight excluding hydrogens is 442 g/mol. The standard InChI is InChI=1S/C21H28BrNO6/c1-3-28-18(25)12-13-21(23,20(27)29-4-2)19(26)16-10-8-15(9-11-16)17(24)7-5-6-14-22/h8-11H,3-7,12-14,23H2,1-2H3/t21-/m1/s1. The molecule has 0 amide bonds. The van der Waals surface area contributed by atoms with Crippen molar-refractivity contribution in [3.05, 3.63) is 35.4 Å². The second-order valence-electron chi connectivity index (χ2n) is 6.47. The Balaban J connectivity index is 2.98. The number of unbranched alkanes of at least 4 members (excludes halogenated alkanes) is 1. The molecule has 1 aromatic carbocycles. The number of ketones is 2. The zero-order chi connectivity index (χ0) is 21.9. The van der Waals surface area contributed by atoms with E-state index in [0.717, 1.165) is 18.2 Å². The first-order valence-corrected chi connectivity index (χ1v) is 10.8. The molecule has 0 heterocycles. The zero-order valence-corrected chi connectivity index (χ0v) is 18.5. The van der Waals surface area contributed by atoms with E-state index in [1.807, 2.05) is 0 Å². The summed E-state index contributed by atoms with van der Waals surface area (Å²) in [6, 6.07) is 6.01. The predicted molar refractivity (Wildman–Crippen MR) is 112 cm³/mol. The molecule has 0 spiro atoms. The van der Waals surface area contributed by atoms with Gasteiger partial charge in [-0.3, -0.25) is 14.4 Å². The van der Waals surface area contributed by atoms with Crippen LogP contribution in [0, 0.1) is 0 Å². The minimum absolute atomic E-state index is 0.0170. The third kappa shape index (κ3) is 7.36. The van der Waals surface area contributed by atoms with Gasteiger partial charge in [-0.15, -0.1) is 0 Å². The van der Waals surface area contributed by atoms with Crippen molar-refractivity contribution in [2.24, 2.45) is 5.73 Å². The second-order valence-corrected chi connectivity index (χ2v) is 7.27. The van der Waals surface area contributed by atoms with Crippen LogP contribution in [0.25, 0.3) is 0 Å². The van der Waals surface area contributed by atoms with Crippen molar-refractivity contribution >= 4 is 39.4 Å². The van der Waals surface area contributed by atoms with Gasteiger partial charge in [0, 0.05) is 29.3 Å². The predicted octanol–water partition coefficient (Wildman–Crippen LogP) is 3.22. The Hall–Kier alpha value is -2.06. The molecule has 0 radical (unpaired) electrons. The smallest absolute Gasteiger partial charge is 0.334 e. The molecule has 0 fully saturated rings. The number of carbonyl (C=O) groups excluding carboxylic acids is 4. The first kappa shape index (κ1) is 25.0. The lowest BCUT2D eigenvalue weighted by Gasteiger charge is -2.25. The molecule has 0 aromatic heterocycles. The summed E-state index contributed by atoms with van der Waals surface area (Å²) in [5.41, 5.74) is 4.77. The van der Waals surface area contributed by atoms with Crippen molar-refractivity contribution in [3.63, 3.8) is 0 Å². The first-order valence-electron chi connectivity index (χ1n) is 9.65. The number of ether oxygens (including phenoxy) is 2. The summed E-state index contributed by atoms with van der Waals surface area (Å²) in [6.45, 7) is 3.50. The maximum atomic E-state index is 13.0. The van der Waals surface area contributed by atoms with Crippen molar-refractivity contribution in [1.82, 2.24) is 0 Å².